The van der Waals surface area contributed by atoms with Gasteiger partial charge < -0.3 is 15.2 Å². The molecule has 0 heterocycles. The van der Waals surface area contributed by atoms with E-state index in [9.17, 15) is 5.11 Å². The molecule has 96 valence electrons. The van der Waals surface area contributed by atoms with Crippen molar-refractivity contribution in [3.05, 3.63) is 0 Å². The number of ether oxygens (including phenoxy) is 1. The van der Waals surface area contributed by atoms with Crippen LogP contribution in [0.2, 0.25) is 0 Å². The Balaban J connectivity index is 2.06. The van der Waals surface area contributed by atoms with Crippen LogP contribution in [0.5, 0.6) is 0 Å². The Morgan fingerprint density at radius 3 is 2.94 bits per heavy atom. The second-order valence-corrected chi connectivity index (χ2v) is 5.22. The van der Waals surface area contributed by atoms with Gasteiger partial charge in [-0.1, -0.05) is 26.7 Å². The quantitative estimate of drug-likeness (QED) is 0.656. The first-order valence-corrected chi connectivity index (χ1v) is 6.67. The van der Waals surface area contributed by atoms with E-state index in [1.807, 2.05) is 0 Å². The molecule has 2 N–H and O–H groups in total. The second-order valence-electron chi connectivity index (χ2n) is 5.22. The molecule has 0 spiro atoms. The lowest BCUT2D eigenvalue weighted by Crippen LogP contribution is -2.44. The van der Waals surface area contributed by atoms with Gasteiger partial charge in [0.1, 0.15) is 0 Å². The van der Waals surface area contributed by atoms with E-state index in [0.717, 1.165) is 45.4 Å². The van der Waals surface area contributed by atoms with Crippen LogP contribution in [0, 0.1) is 5.92 Å². The van der Waals surface area contributed by atoms with Crippen LogP contribution in [-0.4, -0.2) is 37.0 Å². The molecule has 0 bridgehead atoms. The third-order valence-electron chi connectivity index (χ3n) is 3.29. The zero-order valence-corrected chi connectivity index (χ0v) is 10.8. The lowest BCUT2D eigenvalue weighted by Gasteiger charge is -2.35. The molecule has 0 aromatic carbocycles. The highest BCUT2D eigenvalue weighted by molar-refractivity contribution is 4.86. The maximum Gasteiger partial charge on any atom is 0.0774 e. The summed E-state index contributed by atoms with van der Waals surface area (Å²) >= 11 is 0. The van der Waals surface area contributed by atoms with Gasteiger partial charge in [-0.3, -0.25) is 0 Å². The molecule has 0 aromatic rings. The van der Waals surface area contributed by atoms with Gasteiger partial charge in [-0.25, -0.2) is 0 Å². The molecule has 1 fully saturated rings. The van der Waals surface area contributed by atoms with Gasteiger partial charge in [-0.05, 0) is 25.2 Å². The van der Waals surface area contributed by atoms with Crippen molar-refractivity contribution in [1.29, 1.82) is 0 Å². The summed E-state index contributed by atoms with van der Waals surface area (Å²) < 4.78 is 5.38. The van der Waals surface area contributed by atoms with Crippen molar-refractivity contribution in [3.8, 4) is 0 Å². The molecule has 1 aliphatic rings. The highest BCUT2D eigenvalue weighted by Crippen LogP contribution is 2.31. The van der Waals surface area contributed by atoms with Crippen molar-refractivity contribution in [3.63, 3.8) is 0 Å². The van der Waals surface area contributed by atoms with E-state index >= 15 is 0 Å². The maximum atomic E-state index is 10.3. The number of hydrogen-bond acceptors (Lipinski definition) is 3. The average molecular weight is 229 g/mol. The molecule has 0 amide bonds. The molecule has 2 atom stereocenters. The fourth-order valence-corrected chi connectivity index (χ4v) is 2.50. The molecule has 2 unspecified atom stereocenters. The molecule has 1 rings (SSSR count). The van der Waals surface area contributed by atoms with Gasteiger partial charge in [-0.2, -0.15) is 0 Å². The molecule has 3 heteroatoms. The number of rotatable bonds is 7. The topological polar surface area (TPSA) is 41.5 Å². The van der Waals surface area contributed by atoms with Crippen LogP contribution in [0.3, 0.4) is 0 Å². The summed E-state index contributed by atoms with van der Waals surface area (Å²) in [4.78, 5) is 0. The van der Waals surface area contributed by atoms with Crippen LogP contribution >= 0.6 is 0 Å². The number of aliphatic hydroxyl groups is 1. The van der Waals surface area contributed by atoms with Crippen molar-refractivity contribution in [2.75, 3.05) is 26.3 Å². The fourth-order valence-electron chi connectivity index (χ4n) is 2.50. The Labute approximate surface area is 99.6 Å². The molecule has 0 aromatic heterocycles. The summed E-state index contributed by atoms with van der Waals surface area (Å²) in [5, 5.41) is 13.6. The van der Waals surface area contributed by atoms with Crippen molar-refractivity contribution >= 4 is 0 Å². The van der Waals surface area contributed by atoms with Crippen LogP contribution in [-0.2, 0) is 4.74 Å². The zero-order chi connectivity index (χ0) is 11.9. The number of hydrogen-bond donors (Lipinski definition) is 2. The summed E-state index contributed by atoms with van der Waals surface area (Å²) in [6.45, 7) is 7.49. The average Bonchev–Trinajstić information content (AvgIpc) is 2.23. The Morgan fingerprint density at radius 2 is 2.25 bits per heavy atom. The summed E-state index contributed by atoms with van der Waals surface area (Å²) in [5.41, 5.74) is -0.470. The Morgan fingerprint density at radius 1 is 1.44 bits per heavy atom. The van der Waals surface area contributed by atoms with Crippen molar-refractivity contribution < 1.29 is 9.84 Å². The van der Waals surface area contributed by atoms with Crippen LogP contribution in [0.1, 0.15) is 46.0 Å². The van der Waals surface area contributed by atoms with E-state index in [0.29, 0.717) is 12.5 Å². The Hall–Kier alpha value is -0.120. The Bertz CT molecular complexity index is 187. The minimum absolute atomic E-state index is 0.470. The first-order valence-electron chi connectivity index (χ1n) is 6.67. The lowest BCUT2D eigenvalue weighted by molar-refractivity contribution is -0.0128. The van der Waals surface area contributed by atoms with Crippen molar-refractivity contribution in [1.82, 2.24) is 5.32 Å². The fraction of sp³-hybridized carbons (Fsp3) is 1.00. The normalized spacial score (nSPS) is 30.6. The molecule has 0 saturated heterocycles. The smallest absolute Gasteiger partial charge is 0.0774 e. The van der Waals surface area contributed by atoms with Gasteiger partial charge in [0.05, 0.1) is 12.2 Å². The summed E-state index contributed by atoms with van der Waals surface area (Å²) in [5.74, 6) is 0.664. The monoisotopic (exact) mass is 229 g/mol. The van der Waals surface area contributed by atoms with Crippen LogP contribution in [0.4, 0.5) is 0 Å². The van der Waals surface area contributed by atoms with Crippen molar-refractivity contribution in [2.45, 2.75) is 51.6 Å². The largest absolute Gasteiger partial charge is 0.389 e. The molecular weight excluding hydrogens is 202 g/mol. The molecule has 16 heavy (non-hydrogen) atoms. The van der Waals surface area contributed by atoms with E-state index in [4.69, 9.17) is 4.74 Å². The molecular formula is C13H27NO2. The molecule has 3 nitrogen and oxygen atoms in total. The van der Waals surface area contributed by atoms with E-state index in [1.165, 1.54) is 6.42 Å². The first kappa shape index (κ1) is 13.9. The van der Waals surface area contributed by atoms with E-state index in [2.05, 4.69) is 19.2 Å². The number of nitrogens with one attached hydrogen (secondary N) is 1. The third-order valence-corrected chi connectivity index (χ3v) is 3.29. The van der Waals surface area contributed by atoms with Gasteiger partial charge >= 0.3 is 0 Å². The predicted molar refractivity (Wildman–Crippen MR) is 66.6 cm³/mol. The first-order chi connectivity index (χ1) is 7.66. The van der Waals surface area contributed by atoms with Gasteiger partial charge in [-0.15, -0.1) is 0 Å². The maximum absolute atomic E-state index is 10.3. The van der Waals surface area contributed by atoms with E-state index < -0.39 is 5.60 Å². The summed E-state index contributed by atoms with van der Waals surface area (Å²) in [6, 6.07) is 0. The molecule has 1 aliphatic carbocycles. The van der Waals surface area contributed by atoms with Crippen LogP contribution in [0.15, 0.2) is 0 Å². The summed E-state index contributed by atoms with van der Waals surface area (Å²) in [7, 11) is 0. The molecule has 1 saturated carbocycles. The zero-order valence-electron chi connectivity index (χ0n) is 10.8. The highest BCUT2D eigenvalue weighted by Gasteiger charge is 2.31. The molecule has 0 aliphatic heterocycles. The van der Waals surface area contributed by atoms with Crippen LogP contribution in [0.25, 0.3) is 0 Å². The van der Waals surface area contributed by atoms with Gasteiger partial charge in [0.15, 0.2) is 0 Å². The molecule has 0 radical (unpaired) electrons. The predicted octanol–water partition coefficient (Wildman–Crippen LogP) is 1.94. The van der Waals surface area contributed by atoms with Crippen molar-refractivity contribution in [2.24, 2.45) is 5.92 Å². The Kier molecular flexibility index (Phi) is 6.32. The lowest BCUT2D eigenvalue weighted by atomic mass is 9.79. The van der Waals surface area contributed by atoms with E-state index in [-0.39, 0.29) is 0 Å². The van der Waals surface area contributed by atoms with Gasteiger partial charge in [0, 0.05) is 19.7 Å². The second kappa shape index (κ2) is 7.25. The third kappa shape index (κ3) is 5.28. The standard InChI is InChI=1S/C13H27NO2/c1-3-8-16-9-7-14-11-13(15)6-4-5-12(2)10-13/h12,14-15H,3-11H2,1-2H3. The van der Waals surface area contributed by atoms with Gasteiger partial charge in [0.2, 0.25) is 0 Å². The minimum Gasteiger partial charge on any atom is -0.389 e. The van der Waals surface area contributed by atoms with Gasteiger partial charge in [0.25, 0.3) is 0 Å². The highest BCUT2D eigenvalue weighted by atomic mass is 16.5. The summed E-state index contributed by atoms with van der Waals surface area (Å²) in [6.07, 6.45) is 5.38. The van der Waals surface area contributed by atoms with E-state index in [1.54, 1.807) is 0 Å². The van der Waals surface area contributed by atoms with Crippen LogP contribution < -0.4 is 5.32 Å². The minimum atomic E-state index is -0.470. The SMILES string of the molecule is CCCOCCNCC1(O)CCCC(C)C1.